The number of benzene rings is 3. The minimum Gasteiger partial charge on any atom is -0.456 e. The van der Waals surface area contributed by atoms with Gasteiger partial charge in [-0.1, -0.05) is 42.5 Å². The van der Waals surface area contributed by atoms with Crippen LogP contribution < -0.4 is 15.0 Å². The summed E-state index contributed by atoms with van der Waals surface area (Å²) in [5, 5.41) is 8.32. The number of nitrogens with zero attached hydrogens (tertiary/aromatic N) is 1. The van der Waals surface area contributed by atoms with Crippen LogP contribution in [0.25, 0.3) is 28.5 Å². The second-order valence-electron chi connectivity index (χ2n) is 6.75. The standard InChI is InChI=1S/C24H18N2O2/c1-26-20-9-5-6-10-21(20)28-24(26)15-23-19(16-7-3-2-4-8-16)13-17-11-12-18(25)14-22(17)27-23/h2-15,25H,1H3/b24-15-,25-18?. The number of fused-ring (bicyclic) bond motifs is 2. The molecule has 2 aliphatic heterocycles. The molecule has 1 N–H and O–H groups in total. The fourth-order valence-corrected chi connectivity index (χ4v) is 3.45. The molecule has 136 valence electrons. The second kappa shape index (κ2) is 6.43. The largest absolute Gasteiger partial charge is 0.456 e. The molecule has 2 aromatic carbocycles. The van der Waals surface area contributed by atoms with E-state index in [4.69, 9.17) is 14.6 Å². The molecular formula is C24H18N2O2. The number of rotatable bonds is 2. The van der Waals surface area contributed by atoms with Gasteiger partial charge in [-0.3, -0.25) is 0 Å². The van der Waals surface area contributed by atoms with Crippen molar-refractivity contribution in [3.8, 4) is 28.2 Å². The molecular weight excluding hydrogens is 348 g/mol. The van der Waals surface area contributed by atoms with E-state index in [1.165, 1.54) is 0 Å². The van der Waals surface area contributed by atoms with Gasteiger partial charge < -0.3 is 19.5 Å². The SMILES string of the molecule is CN1/C(=C/c2oc3cc(=N)ccc-3cc2-c2ccccc2)Oc2ccccc21. The van der Waals surface area contributed by atoms with Crippen molar-refractivity contribution in [2.45, 2.75) is 0 Å². The van der Waals surface area contributed by atoms with E-state index >= 15 is 0 Å². The Morgan fingerprint density at radius 1 is 0.857 bits per heavy atom. The van der Waals surface area contributed by atoms with Gasteiger partial charge in [-0.15, -0.1) is 0 Å². The van der Waals surface area contributed by atoms with Gasteiger partial charge in [-0.05, 0) is 35.9 Å². The van der Waals surface area contributed by atoms with Crippen molar-refractivity contribution < 1.29 is 9.15 Å². The van der Waals surface area contributed by atoms with E-state index in [1.54, 1.807) is 12.1 Å². The molecule has 0 spiro atoms. The maximum absolute atomic E-state index is 7.90. The van der Waals surface area contributed by atoms with Gasteiger partial charge >= 0.3 is 0 Å². The first-order valence-corrected chi connectivity index (χ1v) is 9.09. The van der Waals surface area contributed by atoms with Crippen LogP contribution in [0, 0.1) is 5.41 Å². The van der Waals surface area contributed by atoms with E-state index in [1.807, 2.05) is 66.6 Å². The number of para-hydroxylation sites is 2. The van der Waals surface area contributed by atoms with Crippen LogP contribution in [0.1, 0.15) is 5.76 Å². The first-order valence-electron chi connectivity index (χ1n) is 9.09. The number of hydrogen-bond acceptors (Lipinski definition) is 4. The van der Waals surface area contributed by atoms with Crippen molar-refractivity contribution in [1.82, 2.24) is 0 Å². The lowest BCUT2D eigenvalue weighted by Crippen LogP contribution is -2.13. The lowest BCUT2D eigenvalue weighted by molar-refractivity contribution is 0.446. The van der Waals surface area contributed by atoms with Gasteiger partial charge in [-0.2, -0.15) is 0 Å². The number of ether oxygens (including phenoxy) is 1. The molecule has 0 atom stereocenters. The lowest BCUT2D eigenvalue weighted by Gasteiger charge is -2.14. The predicted octanol–water partition coefficient (Wildman–Crippen LogP) is 5.36. The van der Waals surface area contributed by atoms with Crippen molar-refractivity contribution in [3.05, 3.63) is 95.9 Å². The van der Waals surface area contributed by atoms with Crippen LogP contribution in [-0.2, 0) is 0 Å². The number of anilines is 1. The molecule has 2 heterocycles. The monoisotopic (exact) mass is 366 g/mol. The normalized spacial score (nSPS) is 14.3. The third kappa shape index (κ3) is 2.76. The minimum atomic E-state index is 0.420. The predicted molar refractivity (Wildman–Crippen MR) is 110 cm³/mol. The topological polar surface area (TPSA) is 49.5 Å². The van der Waals surface area contributed by atoms with Crippen molar-refractivity contribution in [2.75, 3.05) is 11.9 Å². The van der Waals surface area contributed by atoms with Crippen LogP contribution in [0.5, 0.6) is 5.75 Å². The summed E-state index contributed by atoms with van der Waals surface area (Å²) in [5.74, 6) is 2.89. The summed E-state index contributed by atoms with van der Waals surface area (Å²) in [5.41, 5.74) is 4.02. The van der Waals surface area contributed by atoms with Crippen LogP contribution in [0.2, 0.25) is 0 Å². The van der Waals surface area contributed by atoms with Crippen LogP contribution >= 0.6 is 0 Å². The van der Waals surface area contributed by atoms with E-state index in [2.05, 4.69) is 18.2 Å². The molecule has 0 fully saturated rings. The third-order valence-electron chi connectivity index (χ3n) is 4.91. The molecule has 4 heteroatoms. The maximum atomic E-state index is 7.90. The summed E-state index contributed by atoms with van der Waals surface area (Å²) in [6, 6.07) is 25.6. The Labute approximate surface area is 162 Å². The van der Waals surface area contributed by atoms with Crippen LogP contribution in [0.4, 0.5) is 5.69 Å². The molecule has 1 aliphatic carbocycles. The molecule has 0 unspecified atom stereocenters. The maximum Gasteiger partial charge on any atom is 0.204 e. The Morgan fingerprint density at radius 2 is 1.64 bits per heavy atom. The zero-order chi connectivity index (χ0) is 19.1. The van der Waals surface area contributed by atoms with Gasteiger partial charge in [0.15, 0.2) is 5.75 Å². The first kappa shape index (κ1) is 16.4. The highest BCUT2D eigenvalue weighted by Gasteiger charge is 2.23. The Bertz CT molecular complexity index is 1220. The van der Waals surface area contributed by atoms with Gasteiger partial charge in [0.1, 0.15) is 11.5 Å². The summed E-state index contributed by atoms with van der Waals surface area (Å²) in [6.07, 6.45) is 1.92. The fraction of sp³-hybridized carbons (Fsp3) is 0.0417. The van der Waals surface area contributed by atoms with Crippen molar-refractivity contribution in [2.24, 2.45) is 0 Å². The average Bonchev–Trinajstić information content (AvgIpc) is 3.04. The van der Waals surface area contributed by atoms with Crippen LogP contribution in [-0.4, -0.2) is 7.05 Å². The summed E-state index contributed by atoms with van der Waals surface area (Å²) in [4.78, 5) is 2.00. The highest BCUT2D eigenvalue weighted by molar-refractivity contribution is 5.80. The average molecular weight is 366 g/mol. The zero-order valence-corrected chi connectivity index (χ0v) is 15.3. The highest BCUT2D eigenvalue weighted by atomic mass is 16.5. The van der Waals surface area contributed by atoms with Crippen molar-refractivity contribution >= 4 is 11.8 Å². The molecule has 3 aliphatic rings. The van der Waals surface area contributed by atoms with Gasteiger partial charge in [-0.25, -0.2) is 0 Å². The fourth-order valence-electron chi connectivity index (χ4n) is 3.45. The lowest BCUT2D eigenvalue weighted by atomic mass is 10.0. The van der Waals surface area contributed by atoms with Crippen molar-refractivity contribution in [1.29, 1.82) is 5.41 Å². The van der Waals surface area contributed by atoms with Crippen molar-refractivity contribution in [3.63, 3.8) is 0 Å². The van der Waals surface area contributed by atoms with E-state index in [9.17, 15) is 0 Å². The third-order valence-corrected chi connectivity index (χ3v) is 4.91. The zero-order valence-electron chi connectivity index (χ0n) is 15.3. The second-order valence-corrected chi connectivity index (χ2v) is 6.75. The smallest absolute Gasteiger partial charge is 0.204 e. The Hall–Kier alpha value is -3.79. The molecule has 0 radical (unpaired) electrons. The van der Waals surface area contributed by atoms with Gasteiger partial charge in [0.05, 0.1) is 11.0 Å². The number of hydrogen-bond donors (Lipinski definition) is 1. The molecule has 0 aromatic heterocycles. The van der Waals surface area contributed by atoms with Crippen LogP contribution in [0.15, 0.2) is 89.2 Å². The molecule has 0 amide bonds. The quantitative estimate of drug-likeness (QED) is 0.520. The highest BCUT2D eigenvalue weighted by Crippen LogP contribution is 2.39. The van der Waals surface area contributed by atoms with E-state index in [0.717, 1.165) is 28.1 Å². The minimum absolute atomic E-state index is 0.420. The number of nitrogens with one attached hydrogen (secondary N) is 1. The molecule has 28 heavy (non-hydrogen) atoms. The summed E-state index contributed by atoms with van der Waals surface area (Å²) in [6.45, 7) is 0. The van der Waals surface area contributed by atoms with Gasteiger partial charge in [0, 0.05) is 30.3 Å². The van der Waals surface area contributed by atoms with E-state index < -0.39 is 0 Å². The first-order chi connectivity index (χ1) is 13.7. The Kier molecular flexibility index (Phi) is 3.76. The Morgan fingerprint density at radius 3 is 2.46 bits per heavy atom. The molecule has 4 nitrogen and oxygen atoms in total. The Balaban J connectivity index is 1.70. The molecule has 0 saturated heterocycles. The van der Waals surface area contributed by atoms with Gasteiger partial charge in [0.2, 0.25) is 5.88 Å². The van der Waals surface area contributed by atoms with E-state index in [0.29, 0.717) is 22.8 Å². The van der Waals surface area contributed by atoms with Gasteiger partial charge in [0.25, 0.3) is 0 Å². The summed E-state index contributed by atoms with van der Waals surface area (Å²) >= 11 is 0. The van der Waals surface area contributed by atoms with Crippen LogP contribution in [0.3, 0.4) is 0 Å². The molecule has 5 rings (SSSR count). The molecule has 0 saturated carbocycles. The molecule has 2 aromatic rings. The van der Waals surface area contributed by atoms with E-state index in [-0.39, 0.29) is 0 Å². The molecule has 0 bridgehead atoms. The summed E-state index contributed by atoms with van der Waals surface area (Å²) in [7, 11) is 1.98. The summed E-state index contributed by atoms with van der Waals surface area (Å²) < 4.78 is 12.3.